The van der Waals surface area contributed by atoms with Gasteiger partial charge in [0.05, 0.1) is 50.2 Å². The van der Waals surface area contributed by atoms with Gasteiger partial charge in [0.2, 0.25) is 5.91 Å². The zero-order chi connectivity index (χ0) is 34.3. The Hall–Kier alpha value is -2.42. The number of amides is 1. The van der Waals surface area contributed by atoms with E-state index >= 15 is 0 Å². The maximum atomic E-state index is 12.4. The van der Waals surface area contributed by atoms with E-state index in [0.29, 0.717) is 26.2 Å². The first kappa shape index (κ1) is 41.0. The number of para-hydroxylation sites is 2. The number of aliphatic hydroxyl groups excluding tert-OH is 1. The van der Waals surface area contributed by atoms with E-state index in [1.807, 2.05) is 11.8 Å². The number of nitrogens with zero attached hydrogens (tertiary/aromatic N) is 5. The van der Waals surface area contributed by atoms with Crippen LogP contribution >= 0.6 is 11.8 Å². The molecule has 0 saturated heterocycles. The predicted molar refractivity (Wildman–Crippen MR) is 201 cm³/mol. The lowest BCUT2D eigenvalue weighted by Crippen LogP contribution is -3.00. The van der Waals surface area contributed by atoms with E-state index in [0.717, 1.165) is 64.8 Å². The monoisotopic (exact) mass is 804 g/mol. The van der Waals surface area contributed by atoms with Crippen LogP contribution in [0.2, 0.25) is 0 Å². The summed E-state index contributed by atoms with van der Waals surface area (Å²) in [6.07, 6.45) is 7.87. The van der Waals surface area contributed by atoms with Gasteiger partial charge in [0, 0.05) is 49.5 Å². The molecule has 0 aliphatic carbocycles. The highest BCUT2D eigenvalue weighted by atomic mass is 127. The summed E-state index contributed by atoms with van der Waals surface area (Å²) in [6, 6.07) is 19.9. The number of anilines is 2. The molecule has 9 nitrogen and oxygen atoms in total. The van der Waals surface area contributed by atoms with Crippen molar-refractivity contribution in [2.24, 2.45) is 0 Å². The number of carbonyl (C=O) groups is 1. The van der Waals surface area contributed by atoms with Crippen molar-refractivity contribution in [3.63, 3.8) is 0 Å². The lowest BCUT2D eigenvalue weighted by molar-refractivity contribution is -0.659. The normalized spacial score (nSPS) is 13.4. The summed E-state index contributed by atoms with van der Waals surface area (Å²) >= 11 is 1.84. The van der Waals surface area contributed by atoms with E-state index in [1.165, 1.54) is 37.9 Å². The molecule has 0 fully saturated rings. The molecule has 1 amide bonds. The molecule has 0 spiro atoms. The third-order valence-corrected chi connectivity index (χ3v) is 9.76. The Morgan fingerprint density at radius 1 is 0.918 bits per heavy atom. The predicted octanol–water partition coefficient (Wildman–Crippen LogP) is 2.07. The molecule has 270 valence electrons. The van der Waals surface area contributed by atoms with Crippen LogP contribution in [0.15, 0.2) is 64.5 Å². The van der Waals surface area contributed by atoms with Crippen molar-refractivity contribution in [3.8, 4) is 0 Å². The molecule has 0 unspecified atom stereocenters. The summed E-state index contributed by atoms with van der Waals surface area (Å²) in [6.45, 7) is 6.16. The number of unbranched alkanes of at least 4 members (excludes halogenated alkanes) is 2. The molecule has 1 aliphatic heterocycles. The minimum atomic E-state index is -0.00143. The van der Waals surface area contributed by atoms with Crippen LogP contribution in [-0.4, -0.2) is 109 Å². The number of rotatable bonds is 21. The van der Waals surface area contributed by atoms with Crippen LogP contribution in [-0.2, 0) is 16.1 Å². The second kappa shape index (κ2) is 21.7. The first-order chi connectivity index (χ1) is 23.3. The molecule has 11 heteroatoms. The van der Waals surface area contributed by atoms with E-state index in [2.05, 4.69) is 125 Å². The molecule has 0 atom stereocenters. The van der Waals surface area contributed by atoms with Crippen LogP contribution in [0.4, 0.5) is 11.5 Å². The van der Waals surface area contributed by atoms with Gasteiger partial charge in [-0.2, -0.15) is 0 Å². The van der Waals surface area contributed by atoms with Crippen LogP contribution in [0, 0.1) is 0 Å². The Bertz CT molecular complexity index is 1470. The summed E-state index contributed by atoms with van der Waals surface area (Å²) in [5, 5.41) is 14.2. The summed E-state index contributed by atoms with van der Waals surface area (Å²) in [7, 11) is 10.8. The third kappa shape index (κ3) is 12.7. The Kier molecular flexibility index (Phi) is 18.2. The van der Waals surface area contributed by atoms with Crippen molar-refractivity contribution in [2.45, 2.75) is 50.0 Å². The first-order valence-electron chi connectivity index (χ1n) is 17.5. The fourth-order valence-corrected chi connectivity index (χ4v) is 7.22. The average Bonchev–Trinajstić information content (AvgIpc) is 3.38. The van der Waals surface area contributed by atoms with Gasteiger partial charge in [0.15, 0.2) is 0 Å². The third-order valence-electron chi connectivity index (χ3n) is 8.60. The van der Waals surface area contributed by atoms with Gasteiger partial charge in [-0.3, -0.25) is 9.69 Å². The Labute approximate surface area is 315 Å². The molecule has 49 heavy (non-hydrogen) atoms. The fourth-order valence-electron chi connectivity index (χ4n) is 6.11. The van der Waals surface area contributed by atoms with Gasteiger partial charge in [-0.1, -0.05) is 42.1 Å². The number of carbonyl (C=O) groups excluding carboxylic acids is 1. The van der Waals surface area contributed by atoms with Gasteiger partial charge in [0.1, 0.15) is 5.52 Å². The van der Waals surface area contributed by atoms with Crippen LogP contribution in [0.1, 0.15) is 44.1 Å². The number of nitrogens with one attached hydrogen (secondary N) is 1. The highest BCUT2D eigenvalue weighted by molar-refractivity contribution is 8.03. The van der Waals surface area contributed by atoms with Crippen LogP contribution in [0.5, 0.6) is 0 Å². The number of halogens is 1. The molecule has 2 N–H and O–H groups in total. The number of fused-ring (bicyclic) bond motifs is 2. The summed E-state index contributed by atoms with van der Waals surface area (Å²) in [4.78, 5) is 23.1. The molecule has 1 aromatic heterocycles. The van der Waals surface area contributed by atoms with Gasteiger partial charge >= 0.3 is 0 Å². The van der Waals surface area contributed by atoms with Crippen molar-refractivity contribution in [3.05, 3.63) is 65.2 Å². The molecular weight excluding hydrogens is 747 g/mol. The Morgan fingerprint density at radius 3 is 2.31 bits per heavy atom. The van der Waals surface area contributed by atoms with Crippen molar-refractivity contribution >= 4 is 46.2 Å². The summed E-state index contributed by atoms with van der Waals surface area (Å²) < 4.78 is 7.77. The van der Waals surface area contributed by atoms with Gasteiger partial charge in [-0.05, 0) is 90.1 Å². The first-order valence-corrected chi connectivity index (χ1v) is 18.3. The van der Waals surface area contributed by atoms with Crippen LogP contribution < -0.4 is 43.7 Å². The van der Waals surface area contributed by atoms with E-state index in [1.54, 1.807) is 0 Å². The molecule has 0 bridgehead atoms. The highest BCUT2D eigenvalue weighted by Crippen LogP contribution is 2.45. The summed E-state index contributed by atoms with van der Waals surface area (Å²) in [5.74, 6) is 1.32. The number of ether oxygens (including phenoxy) is 1. The van der Waals surface area contributed by atoms with E-state index in [-0.39, 0.29) is 36.5 Å². The molecule has 1 aliphatic rings. The lowest BCUT2D eigenvalue weighted by Gasteiger charge is -2.24. The van der Waals surface area contributed by atoms with Gasteiger partial charge in [-0.15, -0.1) is 0 Å². The molecule has 3 aromatic rings. The number of hydrogen-bond acceptors (Lipinski definition) is 8. The van der Waals surface area contributed by atoms with Crippen molar-refractivity contribution in [1.29, 1.82) is 0 Å². The fraction of sp³-hybridized carbons (Fsp3) is 0.526. The van der Waals surface area contributed by atoms with Crippen molar-refractivity contribution < 1.29 is 43.2 Å². The van der Waals surface area contributed by atoms with Gasteiger partial charge in [0.25, 0.3) is 5.82 Å². The Balaban J connectivity index is 0.00000650. The maximum absolute atomic E-state index is 12.4. The number of benzene rings is 2. The molecular formula is C38H57IN6O3S. The summed E-state index contributed by atoms with van der Waals surface area (Å²) in [5.41, 5.74) is 3.74. The molecule has 0 radical (unpaired) electrons. The number of pyridine rings is 1. The minimum absolute atomic E-state index is 0. The van der Waals surface area contributed by atoms with E-state index < -0.39 is 0 Å². The topological polar surface area (TPSA) is 75.4 Å². The number of aliphatic hydroxyl groups is 1. The van der Waals surface area contributed by atoms with Gasteiger partial charge < -0.3 is 53.8 Å². The number of aryl methyl sites for hydroxylation is 1. The van der Waals surface area contributed by atoms with Gasteiger partial charge in [-0.25, -0.2) is 4.57 Å². The zero-order valence-electron chi connectivity index (χ0n) is 30.2. The Morgan fingerprint density at radius 2 is 1.61 bits per heavy atom. The van der Waals surface area contributed by atoms with Crippen LogP contribution in [0.3, 0.4) is 0 Å². The number of hydrogen-bond donors (Lipinski definition) is 2. The molecule has 0 saturated carbocycles. The number of aromatic nitrogens is 1. The second-order valence-electron chi connectivity index (χ2n) is 13.0. The molecule has 4 rings (SSSR count). The minimum Gasteiger partial charge on any atom is -1.00 e. The van der Waals surface area contributed by atoms with Crippen molar-refractivity contribution in [1.82, 2.24) is 15.1 Å². The maximum Gasteiger partial charge on any atom is 0.277 e. The quantitative estimate of drug-likeness (QED) is 0.0965. The number of thioether (sulfide) groups is 1. The second-order valence-corrected chi connectivity index (χ2v) is 14.1. The average molecular weight is 805 g/mol. The molecule has 2 heterocycles. The largest absolute Gasteiger partial charge is 1.00 e. The lowest BCUT2D eigenvalue weighted by atomic mass is 10.1. The van der Waals surface area contributed by atoms with E-state index in [9.17, 15) is 4.79 Å². The van der Waals surface area contributed by atoms with E-state index in [4.69, 9.17) is 9.84 Å². The highest BCUT2D eigenvalue weighted by Gasteiger charge is 2.26. The molecule has 2 aromatic carbocycles. The van der Waals surface area contributed by atoms with Crippen LogP contribution in [0.25, 0.3) is 17.0 Å². The van der Waals surface area contributed by atoms with Crippen molar-refractivity contribution in [2.75, 3.05) is 97.6 Å². The standard InChI is InChI=1S/C38H56N6O3S.HI/c1-40(2)21-13-23-43(24-14-22-41(3)4)37-29-31(30-38-42(5)34-17-10-11-18-35(34)48-38)32-15-8-9-16-33(32)44(37)25-12-6-7-19-36(46)39-20-27-47-28-26-45;/h8-11,15-18,29-30,45H,6-7,12-14,19-28H2,1-5H3;1H. The zero-order valence-corrected chi connectivity index (χ0v) is 33.1. The SMILES string of the molecule is CN(C)CCCN(CCCN(C)C)c1cc(C=C2Sc3ccccc3N2C)c2ccccc2[n+]1CCCCCC(=O)NCCOCCO.[I-]. The smallest absolute Gasteiger partial charge is 0.277 e.